The third-order valence-corrected chi connectivity index (χ3v) is 0.861. The van der Waals surface area contributed by atoms with Crippen molar-refractivity contribution in [3.63, 3.8) is 0 Å². The highest BCUT2D eigenvalue weighted by Crippen LogP contribution is 2.05. The Morgan fingerprint density at radius 1 is 1.27 bits per heavy atom. The quantitative estimate of drug-likeness (QED) is 0.625. The number of aromatic hydroxyl groups is 1. The van der Waals surface area contributed by atoms with Crippen LogP contribution < -0.4 is 0 Å². The highest BCUT2D eigenvalue weighted by Gasteiger charge is 1.84. The summed E-state index contributed by atoms with van der Waals surface area (Å²) < 4.78 is 0. The van der Waals surface area contributed by atoms with Gasteiger partial charge in [0.15, 0.2) is 0 Å². The van der Waals surface area contributed by atoms with Gasteiger partial charge in [0.1, 0.15) is 5.75 Å². The Hall–Kier alpha value is -1.05. The zero-order valence-corrected chi connectivity index (χ0v) is 6.63. The number of aromatic nitrogens is 1. The van der Waals surface area contributed by atoms with Crippen molar-refractivity contribution in [2.45, 2.75) is 28.2 Å². The minimum Gasteiger partial charge on any atom is -0.506 e. The van der Waals surface area contributed by atoms with E-state index in [1.54, 1.807) is 12.3 Å². The molecule has 0 saturated carbocycles. The van der Waals surface area contributed by atoms with Gasteiger partial charge in [0.25, 0.3) is 0 Å². The maximum atomic E-state index is 8.75. The molecule has 64 valence electrons. The Morgan fingerprint density at radius 3 is 2.09 bits per heavy atom. The van der Waals surface area contributed by atoms with Crippen molar-refractivity contribution in [3.8, 4) is 5.75 Å². The maximum absolute atomic E-state index is 8.75. The molecule has 0 bridgehead atoms. The van der Waals surface area contributed by atoms with E-state index in [0.717, 1.165) is 5.56 Å². The second kappa shape index (κ2) is 7.06. The number of pyridine rings is 1. The minimum absolute atomic E-state index is 0. The molecule has 1 N–H and O–H groups in total. The summed E-state index contributed by atoms with van der Waals surface area (Å²) in [6.45, 7) is 5.88. The van der Waals surface area contributed by atoms with Crippen LogP contribution in [0.25, 0.3) is 0 Å². The molecule has 0 amide bonds. The van der Waals surface area contributed by atoms with Crippen LogP contribution in [0.1, 0.15) is 26.8 Å². The Kier molecular flexibility index (Phi) is 8.10. The van der Waals surface area contributed by atoms with Crippen LogP contribution in [0.15, 0.2) is 18.5 Å². The van der Waals surface area contributed by atoms with Crippen molar-refractivity contribution in [1.29, 1.82) is 0 Å². The van der Waals surface area contributed by atoms with E-state index in [2.05, 4.69) is 4.98 Å². The van der Waals surface area contributed by atoms with Crippen molar-refractivity contribution in [2.24, 2.45) is 0 Å². The largest absolute Gasteiger partial charge is 0.506 e. The summed E-state index contributed by atoms with van der Waals surface area (Å²) in [5.41, 5.74) is 0.977. The lowest BCUT2D eigenvalue weighted by molar-refractivity contribution is 0.472. The second-order valence-electron chi connectivity index (χ2n) is 1.72. The predicted molar refractivity (Wildman–Crippen MR) is 48.7 cm³/mol. The Labute approximate surface area is 68.9 Å². The van der Waals surface area contributed by atoms with E-state index in [4.69, 9.17) is 5.11 Å². The SMILES string of the molecule is C.CC.Cc1cncc(O)c1. The molecular formula is C9H17NO. The summed E-state index contributed by atoms with van der Waals surface area (Å²) in [5.74, 6) is 0.227. The first-order valence-electron chi connectivity index (χ1n) is 3.39. The van der Waals surface area contributed by atoms with E-state index in [1.807, 2.05) is 20.8 Å². The van der Waals surface area contributed by atoms with Gasteiger partial charge < -0.3 is 5.11 Å². The summed E-state index contributed by atoms with van der Waals surface area (Å²) in [6.07, 6.45) is 3.10. The smallest absolute Gasteiger partial charge is 0.134 e. The molecule has 0 atom stereocenters. The van der Waals surface area contributed by atoms with E-state index >= 15 is 0 Å². The molecule has 11 heavy (non-hydrogen) atoms. The standard InChI is InChI=1S/C6H7NO.C2H6.CH4/c1-5-2-6(8)4-7-3-5;1-2;/h2-4,8H,1H3;1-2H3;1H4. The molecule has 1 aromatic rings. The van der Waals surface area contributed by atoms with Crippen LogP contribution in [0.3, 0.4) is 0 Å². The molecule has 0 unspecified atom stereocenters. The molecule has 1 heterocycles. The van der Waals surface area contributed by atoms with Crippen molar-refractivity contribution in [3.05, 3.63) is 24.0 Å². The van der Waals surface area contributed by atoms with Gasteiger partial charge in [-0.15, -0.1) is 0 Å². The molecular weight excluding hydrogens is 138 g/mol. The summed E-state index contributed by atoms with van der Waals surface area (Å²) in [7, 11) is 0. The molecule has 1 aromatic heterocycles. The van der Waals surface area contributed by atoms with E-state index in [0.29, 0.717) is 0 Å². The first-order chi connectivity index (χ1) is 4.79. The lowest BCUT2D eigenvalue weighted by Gasteiger charge is -1.89. The van der Waals surface area contributed by atoms with Gasteiger partial charge in [0, 0.05) is 6.20 Å². The highest BCUT2D eigenvalue weighted by atomic mass is 16.3. The summed E-state index contributed by atoms with van der Waals surface area (Å²) in [4.78, 5) is 3.73. The van der Waals surface area contributed by atoms with Crippen molar-refractivity contribution < 1.29 is 5.11 Å². The van der Waals surface area contributed by atoms with E-state index < -0.39 is 0 Å². The molecule has 0 radical (unpaired) electrons. The van der Waals surface area contributed by atoms with Gasteiger partial charge in [0.2, 0.25) is 0 Å². The number of hydrogen-bond donors (Lipinski definition) is 1. The Balaban J connectivity index is 0. The molecule has 0 spiro atoms. The fourth-order valence-corrected chi connectivity index (χ4v) is 0.539. The molecule has 1 rings (SSSR count). The van der Waals surface area contributed by atoms with Crippen molar-refractivity contribution in [2.75, 3.05) is 0 Å². The Bertz CT molecular complexity index is 169. The number of nitrogens with zero attached hydrogens (tertiary/aromatic N) is 1. The van der Waals surface area contributed by atoms with Crippen LogP contribution in [0.4, 0.5) is 0 Å². The third kappa shape index (κ3) is 5.40. The summed E-state index contributed by atoms with van der Waals surface area (Å²) in [6, 6.07) is 1.66. The zero-order valence-electron chi connectivity index (χ0n) is 6.63. The number of aryl methyl sites for hydroxylation is 1. The van der Waals surface area contributed by atoms with Crippen molar-refractivity contribution in [1.82, 2.24) is 4.98 Å². The zero-order chi connectivity index (χ0) is 7.98. The summed E-state index contributed by atoms with van der Waals surface area (Å²) in [5, 5.41) is 8.75. The van der Waals surface area contributed by atoms with Gasteiger partial charge in [-0.1, -0.05) is 21.3 Å². The molecule has 0 fully saturated rings. The molecule has 0 aromatic carbocycles. The van der Waals surface area contributed by atoms with Gasteiger partial charge in [0.05, 0.1) is 6.20 Å². The lowest BCUT2D eigenvalue weighted by atomic mass is 10.3. The van der Waals surface area contributed by atoms with Crippen LogP contribution in [0, 0.1) is 6.92 Å². The fourth-order valence-electron chi connectivity index (χ4n) is 0.539. The number of rotatable bonds is 0. The predicted octanol–water partition coefficient (Wildman–Crippen LogP) is 2.76. The monoisotopic (exact) mass is 155 g/mol. The highest BCUT2D eigenvalue weighted by molar-refractivity contribution is 5.20. The van der Waals surface area contributed by atoms with E-state index in [9.17, 15) is 0 Å². The van der Waals surface area contributed by atoms with Gasteiger partial charge in [-0.3, -0.25) is 4.98 Å². The molecule has 0 saturated heterocycles. The van der Waals surface area contributed by atoms with E-state index in [-0.39, 0.29) is 13.2 Å². The van der Waals surface area contributed by atoms with Crippen molar-refractivity contribution >= 4 is 0 Å². The van der Waals surface area contributed by atoms with Crippen LogP contribution in [-0.2, 0) is 0 Å². The molecule has 2 heteroatoms. The fraction of sp³-hybridized carbons (Fsp3) is 0.444. The summed E-state index contributed by atoms with van der Waals surface area (Å²) >= 11 is 0. The molecule has 0 aliphatic heterocycles. The van der Waals surface area contributed by atoms with Gasteiger partial charge in [-0.2, -0.15) is 0 Å². The van der Waals surface area contributed by atoms with Gasteiger partial charge in [-0.05, 0) is 18.6 Å². The minimum atomic E-state index is 0. The normalized spacial score (nSPS) is 7.18. The number of hydrogen-bond acceptors (Lipinski definition) is 2. The first kappa shape index (κ1) is 12.6. The van der Waals surface area contributed by atoms with Gasteiger partial charge >= 0.3 is 0 Å². The molecule has 0 aliphatic carbocycles. The van der Waals surface area contributed by atoms with Crippen LogP contribution >= 0.6 is 0 Å². The average Bonchev–Trinajstić information content (AvgIpc) is 1.91. The first-order valence-corrected chi connectivity index (χ1v) is 3.39. The molecule has 0 aliphatic rings. The molecule has 2 nitrogen and oxygen atoms in total. The second-order valence-corrected chi connectivity index (χ2v) is 1.72. The average molecular weight is 155 g/mol. The van der Waals surface area contributed by atoms with Crippen LogP contribution in [0.2, 0.25) is 0 Å². The van der Waals surface area contributed by atoms with Crippen LogP contribution in [0.5, 0.6) is 5.75 Å². The topological polar surface area (TPSA) is 33.1 Å². The Morgan fingerprint density at radius 2 is 1.82 bits per heavy atom. The van der Waals surface area contributed by atoms with Gasteiger partial charge in [-0.25, -0.2) is 0 Å². The third-order valence-electron chi connectivity index (χ3n) is 0.861. The van der Waals surface area contributed by atoms with Crippen LogP contribution in [-0.4, -0.2) is 10.1 Å². The van der Waals surface area contributed by atoms with E-state index in [1.165, 1.54) is 6.20 Å². The maximum Gasteiger partial charge on any atom is 0.134 e. The lowest BCUT2D eigenvalue weighted by Crippen LogP contribution is -1.72.